The molecule has 0 saturated heterocycles. The third-order valence-corrected chi connectivity index (χ3v) is 3.92. The van der Waals surface area contributed by atoms with Crippen LogP contribution in [-0.4, -0.2) is 29.9 Å². The normalized spacial score (nSPS) is 37.8. The molecule has 1 aliphatic carbocycles. The van der Waals surface area contributed by atoms with E-state index in [-0.39, 0.29) is 6.10 Å². The van der Waals surface area contributed by atoms with E-state index in [9.17, 15) is 5.11 Å². The second-order valence-electron chi connectivity index (χ2n) is 5.76. The summed E-state index contributed by atoms with van der Waals surface area (Å²) in [5.41, 5.74) is -0.484. The van der Waals surface area contributed by atoms with E-state index in [4.69, 9.17) is 4.74 Å². The molecule has 1 heterocycles. The van der Waals surface area contributed by atoms with E-state index in [1.165, 1.54) is 6.42 Å². The van der Waals surface area contributed by atoms with Gasteiger partial charge in [0.25, 0.3) is 0 Å². The average molecular weight is 239 g/mol. The van der Waals surface area contributed by atoms with E-state index in [0.29, 0.717) is 12.5 Å². The molecule has 3 unspecified atom stereocenters. The molecule has 98 valence electrons. The lowest BCUT2D eigenvalue weighted by Gasteiger charge is -2.36. The van der Waals surface area contributed by atoms with Gasteiger partial charge in [0.1, 0.15) is 6.10 Å². The summed E-state index contributed by atoms with van der Waals surface area (Å²) >= 11 is 0. The molecule has 2 aliphatic rings. The van der Waals surface area contributed by atoms with Crippen molar-refractivity contribution in [2.45, 2.75) is 57.2 Å². The predicted octanol–water partition coefficient (Wildman–Crippen LogP) is 2.21. The van der Waals surface area contributed by atoms with Crippen molar-refractivity contribution in [3.8, 4) is 0 Å². The van der Waals surface area contributed by atoms with Gasteiger partial charge in [-0.15, -0.1) is 0 Å². The van der Waals surface area contributed by atoms with Gasteiger partial charge in [0, 0.05) is 13.1 Å². The Morgan fingerprint density at radius 3 is 3.06 bits per heavy atom. The Hall–Kier alpha value is -0.540. The molecule has 17 heavy (non-hydrogen) atoms. The van der Waals surface area contributed by atoms with Gasteiger partial charge in [0.05, 0.1) is 11.9 Å². The highest BCUT2D eigenvalue weighted by Crippen LogP contribution is 2.31. The van der Waals surface area contributed by atoms with Crippen molar-refractivity contribution in [2.24, 2.45) is 5.92 Å². The van der Waals surface area contributed by atoms with E-state index in [1.807, 2.05) is 0 Å². The second-order valence-corrected chi connectivity index (χ2v) is 5.76. The molecule has 3 heteroatoms. The molecule has 1 aliphatic heterocycles. The average Bonchev–Trinajstić information content (AvgIpc) is 2.30. The van der Waals surface area contributed by atoms with Gasteiger partial charge in [-0.2, -0.15) is 0 Å². The zero-order valence-corrected chi connectivity index (χ0v) is 10.8. The minimum Gasteiger partial charge on any atom is -0.497 e. The maximum atomic E-state index is 10.5. The zero-order chi connectivity index (χ0) is 12.1. The highest BCUT2D eigenvalue weighted by molar-refractivity contribution is 4.88. The molecule has 1 fully saturated rings. The van der Waals surface area contributed by atoms with Crippen molar-refractivity contribution in [1.82, 2.24) is 5.32 Å². The fraction of sp³-hybridized carbons (Fsp3) is 0.857. The third kappa shape index (κ3) is 4.00. The molecule has 0 aromatic rings. The highest BCUT2D eigenvalue weighted by atomic mass is 16.5. The van der Waals surface area contributed by atoms with Crippen molar-refractivity contribution in [3.63, 3.8) is 0 Å². The summed E-state index contributed by atoms with van der Waals surface area (Å²) in [7, 11) is 0. The first-order chi connectivity index (χ1) is 8.18. The number of rotatable bonds is 4. The van der Waals surface area contributed by atoms with Crippen LogP contribution in [0.5, 0.6) is 0 Å². The summed E-state index contributed by atoms with van der Waals surface area (Å²) in [5.74, 6) is 0.657. The first kappa shape index (κ1) is 12.9. The Bertz CT molecular complexity index is 267. The molecular weight excluding hydrogens is 214 g/mol. The first-order valence-electron chi connectivity index (χ1n) is 6.91. The molecule has 0 spiro atoms. The molecule has 3 atom stereocenters. The largest absolute Gasteiger partial charge is 0.497 e. The van der Waals surface area contributed by atoms with Crippen LogP contribution in [0.1, 0.15) is 45.4 Å². The van der Waals surface area contributed by atoms with Gasteiger partial charge in [0.15, 0.2) is 0 Å². The third-order valence-electron chi connectivity index (χ3n) is 3.92. The second kappa shape index (κ2) is 5.87. The minimum absolute atomic E-state index is 0.282. The topological polar surface area (TPSA) is 41.5 Å². The molecule has 0 aromatic carbocycles. The predicted molar refractivity (Wildman–Crippen MR) is 68.7 cm³/mol. The van der Waals surface area contributed by atoms with Gasteiger partial charge < -0.3 is 15.2 Å². The van der Waals surface area contributed by atoms with Gasteiger partial charge in [-0.25, -0.2) is 0 Å². The summed E-state index contributed by atoms with van der Waals surface area (Å²) in [4.78, 5) is 0. The molecule has 0 radical (unpaired) electrons. The fourth-order valence-electron chi connectivity index (χ4n) is 2.99. The molecule has 3 nitrogen and oxygen atoms in total. The number of allylic oxidation sites excluding steroid dienone is 1. The Labute approximate surface area is 104 Å². The summed E-state index contributed by atoms with van der Waals surface area (Å²) in [5, 5.41) is 13.8. The first-order valence-corrected chi connectivity index (χ1v) is 6.91. The van der Waals surface area contributed by atoms with Gasteiger partial charge in [-0.3, -0.25) is 0 Å². The number of nitrogens with one attached hydrogen (secondary N) is 1. The Morgan fingerprint density at radius 2 is 2.35 bits per heavy atom. The maximum absolute atomic E-state index is 10.5. The standard InChI is InChI=1S/C14H25NO2/c1-12-5-4-7-14(16,9-12)11-15-10-13-6-2-3-8-17-13/h3,8,12-13,15-16H,2,4-7,9-11H2,1H3. The highest BCUT2D eigenvalue weighted by Gasteiger charge is 2.32. The van der Waals surface area contributed by atoms with Crippen LogP contribution in [0, 0.1) is 5.92 Å². The SMILES string of the molecule is CC1CCCC(O)(CNCC2CCC=CO2)C1. The molecule has 0 amide bonds. The summed E-state index contributed by atoms with van der Waals surface area (Å²) in [6.07, 6.45) is 10.6. The van der Waals surface area contributed by atoms with Crippen LogP contribution >= 0.6 is 0 Å². The molecule has 2 rings (SSSR count). The number of ether oxygens (including phenoxy) is 1. The van der Waals surface area contributed by atoms with Crippen LogP contribution in [0.2, 0.25) is 0 Å². The quantitative estimate of drug-likeness (QED) is 0.790. The number of aliphatic hydroxyl groups is 1. The Morgan fingerprint density at radius 1 is 1.47 bits per heavy atom. The molecule has 0 bridgehead atoms. The molecule has 1 saturated carbocycles. The van der Waals surface area contributed by atoms with E-state index < -0.39 is 5.60 Å². The van der Waals surface area contributed by atoms with Crippen molar-refractivity contribution in [3.05, 3.63) is 12.3 Å². The van der Waals surface area contributed by atoms with Crippen LogP contribution in [-0.2, 0) is 4.74 Å². The van der Waals surface area contributed by atoms with E-state index in [1.54, 1.807) is 6.26 Å². The number of hydrogen-bond donors (Lipinski definition) is 2. The van der Waals surface area contributed by atoms with E-state index in [0.717, 1.165) is 38.6 Å². The van der Waals surface area contributed by atoms with Crippen LogP contribution in [0.3, 0.4) is 0 Å². The van der Waals surface area contributed by atoms with Crippen LogP contribution in [0.4, 0.5) is 0 Å². The fourth-order valence-corrected chi connectivity index (χ4v) is 2.99. The van der Waals surface area contributed by atoms with Gasteiger partial charge in [0.2, 0.25) is 0 Å². The van der Waals surface area contributed by atoms with Crippen LogP contribution < -0.4 is 5.32 Å². The zero-order valence-electron chi connectivity index (χ0n) is 10.8. The van der Waals surface area contributed by atoms with Crippen molar-refractivity contribution in [1.29, 1.82) is 0 Å². The van der Waals surface area contributed by atoms with Crippen molar-refractivity contribution >= 4 is 0 Å². The van der Waals surface area contributed by atoms with Gasteiger partial charge in [-0.1, -0.05) is 19.8 Å². The lowest BCUT2D eigenvalue weighted by atomic mass is 9.79. The van der Waals surface area contributed by atoms with Crippen LogP contribution in [0.15, 0.2) is 12.3 Å². The molecular formula is C14H25NO2. The minimum atomic E-state index is -0.484. The lowest BCUT2D eigenvalue weighted by Crippen LogP contribution is -2.46. The smallest absolute Gasteiger partial charge is 0.110 e. The monoisotopic (exact) mass is 239 g/mol. The summed E-state index contributed by atoms with van der Waals surface area (Å²) in [6.45, 7) is 3.79. The van der Waals surface area contributed by atoms with Gasteiger partial charge in [-0.05, 0) is 37.7 Å². The maximum Gasteiger partial charge on any atom is 0.110 e. The van der Waals surface area contributed by atoms with Crippen LogP contribution in [0.25, 0.3) is 0 Å². The molecule has 2 N–H and O–H groups in total. The van der Waals surface area contributed by atoms with E-state index in [2.05, 4.69) is 18.3 Å². The lowest BCUT2D eigenvalue weighted by molar-refractivity contribution is -0.0141. The van der Waals surface area contributed by atoms with E-state index >= 15 is 0 Å². The van der Waals surface area contributed by atoms with Crippen molar-refractivity contribution in [2.75, 3.05) is 13.1 Å². The van der Waals surface area contributed by atoms with Crippen molar-refractivity contribution < 1.29 is 9.84 Å². The summed E-state index contributed by atoms with van der Waals surface area (Å²) < 4.78 is 5.50. The summed E-state index contributed by atoms with van der Waals surface area (Å²) in [6, 6.07) is 0. The van der Waals surface area contributed by atoms with Gasteiger partial charge >= 0.3 is 0 Å². The molecule has 0 aromatic heterocycles. The number of hydrogen-bond acceptors (Lipinski definition) is 3. The Balaban J connectivity index is 1.68. The Kier molecular flexibility index (Phi) is 4.46.